The number of rotatable bonds is 6. The third-order valence-electron chi connectivity index (χ3n) is 3.92. The Labute approximate surface area is 142 Å². The number of hydrogen-bond donors (Lipinski definition) is 2. The summed E-state index contributed by atoms with van der Waals surface area (Å²) in [6.07, 6.45) is 1.17. The second-order valence-electron chi connectivity index (χ2n) is 6.13. The monoisotopic (exact) mass is 331 g/mol. The SMILES string of the molecule is CCc1cccc(C)c1NC(=O)Cc1csc(C(N)C(C)C)n1. The molecule has 0 bridgehead atoms. The van der Waals surface area contributed by atoms with E-state index in [1.165, 1.54) is 11.3 Å². The van der Waals surface area contributed by atoms with Gasteiger partial charge in [0.1, 0.15) is 5.01 Å². The van der Waals surface area contributed by atoms with E-state index >= 15 is 0 Å². The summed E-state index contributed by atoms with van der Waals surface area (Å²) in [5.74, 6) is 0.297. The molecular formula is C18H25N3OS. The molecule has 2 aromatic rings. The lowest BCUT2D eigenvalue weighted by atomic mass is 10.1. The van der Waals surface area contributed by atoms with E-state index in [4.69, 9.17) is 5.73 Å². The van der Waals surface area contributed by atoms with Crippen molar-refractivity contribution < 1.29 is 4.79 Å². The van der Waals surface area contributed by atoms with Gasteiger partial charge in [0, 0.05) is 11.1 Å². The molecule has 0 radical (unpaired) electrons. The zero-order valence-electron chi connectivity index (χ0n) is 14.2. The Morgan fingerprint density at radius 2 is 2.13 bits per heavy atom. The number of nitrogens with two attached hydrogens (primary N) is 1. The molecular weight excluding hydrogens is 306 g/mol. The number of aromatic nitrogens is 1. The van der Waals surface area contributed by atoms with Crippen LogP contribution in [0.1, 0.15) is 48.6 Å². The standard InChI is InChI=1S/C18H25N3OS/c1-5-13-8-6-7-12(4)17(13)21-15(22)9-14-10-23-18(20-14)16(19)11(2)3/h6-8,10-11,16H,5,9,19H2,1-4H3,(H,21,22). The third-order valence-corrected chi connectivity index (χ3v) is 4.91. The summed E-state index contributed by atoms with van der Waals surface area (Å²) in [5, 5.41) is 5.86. The van der Waals surface area contributed by atoms with Gasteiger partial charge >= 0.3 is 0 Å². The first-order valence-corrected chi connectivity index (χ1v) is 8.88. The van der Waals surface area contributed by atoms with Crippen LogP contribution in [0, 0.1) is 12.8 Å². The number of para-hydroxylation sites is 1. The average Bonchev–Trinajstić information content (AvgIpc) is 2.96. The summed E-state index contributed by atoms with van der Waals surface area (Å²) in [6.45, 7) is 8.24. The highest BCUT2D eigenvalue weighted by molar-refractivity contribution is 7.09. The first-order valence-electron chi connectivity index (χ1n) is 8.00. The molecule has 124 valence electrons. The maximum absolute atomic E-state index is 12.3. The van der Waals surface area contributed by atoms with Gasteiger partial charge in [-0.15, -0.1) is 11.3 Å². The van der Waals surface area contributed by atoms with Crippen LogP contribution >= 0.6 is 11.3 Å². The van der Waals surface area contributed by atoms with Crippen molar-refractivity contribution in [2.45, 2.75) is 46.6 Å². The molecule has 0 aliphatic heterocycles. The third kappa shape index (κ3) is 4.39. The number of nitrogens with zero attached hydrogens (tertiary/aromatic N) is 1. The molecule has 1 aromatic heterocycles. The summed E-state index contributed by atoms with van der Waals surface area (Å²) in [4.78, 5) is 16.8. The molecule has 1 aromatic carbocycles. The Bertz CT molecular complexity index is 679. The topological polar surface area (TPSA) is 68.0 Å². The molecule has 1 amide bonds. The van der Waals surface area contributed by atoms with Crippen LogP contribution in [-0.4, -0.2) is 10.9 Å². The van der Waals surface area contributed by atoms with Gasteiger partial charge in [-0.05, 0) is 30.4 Å². The van der Waals surface area contributed by atoms with E-state index < -0.39 is 0 Å². The van der Waals surface area contributed by atoms with Crippen LogP contribution in [0.5, 0.6) is 0 Å². The summed E-state index contributed by atoms with van der Waals surface area (Å²) in [7, 11) is 0. The van der Waals surface area contributed by atoms with Crippen molar-refractivity contribution in [1.29, 1.82) is 0 Å². The predicted octanol–water partition coefficient (Wildman–Crippen LogP) is 3.85. The number of carbonyl (C=O) groups excluding carboxylic acids is 1. The van der Waals surface area contributed by atoms with E-state index in [0.29, 0.717) is 5.92 Å². The van der Waals surface area contributed by atoms with Crippen LogP contribution in [0.4, 0.5) is 5.69 Å². The smallest absolute Gasteiger partial charge is 0.230 e. The van der Waals surface area contributed by atoms with Gasteiger partial charge in [0.2, 0.25) is 5.91 Å². The Morgan fingerprint density at radius 3 is 2.78 bits per heavy atom. The fourth-order valence-electron chi connectivity index (χ4n) is 2.39. The Hall–Kier alpha value is -1.72. The van der Waals surface area contributed by atoms with Gasteiger partial charge in [-0.3, -0.25) is 4.79 Å². The lowest BCUT2D eigenvalue weighted by Crippen LogP contribution is -2.18. The van der Waals surface area contributed by atoms with Crippen molar-refractivity contribution in [3.63, 3.8) is 0 Å². The number of amides is 1. The van der Waals surface area contributed by atoms with Crippen LogP contribution < -0.4 is 11.1 Å². The lowest BCUT2D eigenvalue weighted by Gasteiger charge is -2.13. The molecule has 0 spiro atoms. The van der Waals surface area contributed by atoms with Crippen LogP contribution in [0.15, 0.2) is 23.6 Å². The van der Waals surface area contributed by atoms with Gasteiger partial charge in [0.15, 0.2) is 0 Å². The minimum atomic E-state index is -0.0696. The van der Waals surface area contributed by atoms with Crippen LogP contribution in [0.2, 0.25) is 0 Å². The van der Waals surface area contributed by atoms with E-state index in [9.17, 15) is 4.79 Å². The number of aryl methyl sites for hydroxylation is 2. The molecule has 23 heavy (non-hydrogen) atoms. The summed E-state index contributed by atoms with van der Waals surface area (Å²) in [6, 6.07) is 6.01. The van der Waals surface area contributed by atoms with Gasteiger partial charge in [-0.2, -0.15) is 0 Å². The molecule has 0 aliphatic rings. The van der Waals surface area contributed by atoms with Crippen LogP contribution in [-0.2, 0) is 17.6 Å². The Morgan fingerprint density at radius 1 is 1.39 bits per heavy atom. The van der Waals surface area contributed by atoms with Gasteiger partial charge in [-0.1, -0.05) is 39.0 Å². The molecule has 0 saturated carbocycles. The van der Waals surface area contributed by atoms with Gasteiger partial charge in [0.05, 0.1) is 18.2 Å². The van der Waals surface area contributed by atoms with Crippen molar-refractivity contribution in [2.24, 2.45) is 11.7 Å². The molecule has 1 heterocycles. The molecule has 5 heteroatoms. The van der Waals surface area contributed by atoms with Crippen LogP contribution in [0.3, 0.4) is 0 Å². The van der Waals surface area contributed by atoms with Crippen molar-refractivity contribution >= 4 is 22.9 Å². The van der Waals surface area contributed by atoms with Gasteiger partial charge in [-0.25, -0.2) is 4.98 Å². The molecule has 3 N–H and O–H groups in total. The van der Waals surface area contributed by atoms with Crippen molar-refractivity contribution in [3.05, 3.63) is 45.4 Å². The molecule has 1 unspecified atom stereocenters. The molecule has 2 rings (SSSR count). The maximum atomic E-state index is 12.3. The zero-order valence-corrected chi connectivity index (χ0v) is 15.0. The maximum Gasteiger partial charge on any atom is 0.230 e. The number of anilines is 1. The summed E-state index contributed by atoms with van der Waals surface area (Å²) < 4.78 is 0. The summed E-state index contributed by atoms with van der Waals surface area (Å²) in [5.41, 5.74) is 10.1. The number of benzene rings is 1. The first-order chi connectivity index (χ1) is 10.9. The normalized spacial score (nSPS) is 12.4. The highest BCUT2D eigenvalue weighted by Gasteiger charge is 2.16. The van der Waals surface area contributed by atoms with E-state index in [1.807, 2.05) is 30.5 Å². The quantitative estimate of drug-likeness (QED) is 0.845. The lowest BCUT2D eigenvalue weighted by molar-refractivity contribution is -0.115. The molecule has 0 saturated heterocycles. The Balaban J connectivity index is 2.06. The Kier molecular flexibility index (Phi) is 5.91. The number of hydrogen-bond acceptors (Lipinski definition) is 4. The van der Waals surface area contributed by atoms with E-state index in [2.05, 4.69) is 31.1 Å². The zero-order chi connectivity index (χ0) is 17.0. The second kappa shape index (κ2) is 7.70. The molecule has 0 fully saturated rings. The molecule has 0 aliphatic carbocycles. The fourth-order valence-corrected chi connectivity index (χ4v) is 3.38. The van der Waals surface area contributed by atoms with E-state index in [1.54, 1.807) is 0 Å². The molecule has 1 atom stereocenters. The minimum Gasteiger partial charge on any atom is -0.325 e. The second-order valence-corrected chi connectivity index (χ2v) is 7.02. The predicted molar refractivity (Wildman–Crippen MR) is 96.8 cm³/mol. The van der Waals surface area contributed by atoms with Crippen molar-refractivity contribution in [2.75, 3.05) is 5.32 Å². The van der Waals surface area contributed by atoms with Gasteiger partial charge in [0.25, 0.3) is 0 Å². The van der Waals surface area contributed by atoms with Gasteiger partial charge < -0.3 is 11.1 Å². The van der Waals surface area contributed by atoms with Crippen LogP contribution in [0.25, 0.3) is 0 Å². The highest BCUT2D eigenvalue weighted by Crippen LogP contribution is 2.24. The highest BCUT2D eigenvalue weighted by atomic mass is 32.1. The van der Waals surface area contributed by atoms with Crippen molar-refractivity contribution in [3.8, 4) is 0 Å². The minimum absolute atomic E-state index is 0.0380. The van der Waals surface area contributed by atoms with E-state index in [-0.39, 0.29) is 18.4 Å². The largest absolute Gasteiger partial charge is 0.325 e. The average molecular weight is 331 g/mol. The molecule has 4 nitrogen and oxygen atoms in total. The number of carbonyl (C=O) groups is 1. The van der Waals surface area contributed by atoms with Crippen molar-refractivity contribution in [1.82, 2.24) is 4.98 Å². The number of nitrogens with one attached hydrogen (secondary N) is 1. The first kappa shape index (κ1) is 17.6. The fraction of sp³-hybridized carbons (Fsp3) is 0.444. The number of thiazole rings is 1. The van der Waals surface area contributed by atoms with E-state index in [0.717, 1.165) is 33.9 Å². The summed E-state index contributed by atoms with van der Waals surface area (Å²) >= 11 is 1.53.